The Morgan fingerprint density at radius 3 is 2.25 bits per heavy atom. The Morgan fingerprint density at radius 1 is 1.06 bits per heavy atom. The number of morpholine rings is 1. The number of ether oxygens (including phenoxy) is 2. The molecule has 0 radical (unpaired) electrons. The molecule has 3 rings (SSSR count). The van der Waals surface area contributed by atoms with Crippen LogP contribution in [0, 0.1) is 11.8 Å². The monoisotopic (exact) mass is 225 g/mol. The minimum absolute atomic E-state index is 0.101. The van der Waals surface area contributed by atoms with Crippen LogP contribution in [0.2, 0.25) is 0 Å². The average Bonchev–Trinajstić information content (AvgIpc) is 3.02. The second-order valence-electron chi connectivity index (χ2n) is 5.41. The fourth-order valence-corrected chi connectivity index (χ4v) is 4.03. The molecule has 0 aromatic carbocycles. The zero-order valence-electron chi connectivity index (χ0n) is 10.3. The topological polar surface area (TPSA) is 21.7 Å². The van der Waals surface area contributed by atoms with Crippen molar-refractivity contribution in [2.24, 2.45) is 11.8 Å². The smallest absolute Gasteiger partial charge is 0.127 e. The van der Waals surface area contributed by atoms with Crippen LogP contribution in [-0.2, 0) is 9.47 Å². The van der Waals surface area contributed by atoms with Crippen molar-refractivity contribution in [1.82, 2.24) is 4.90 Å². The summed E-state index contributed by atoms with van der Waals surface area (Å²) in [5.41, 5.74) is 0.101. The van der Waals surface area contributed by atoms with Crippen molar-refractivity contribution < 1.29 is 9.47 Å². The van der Waals surface area contributed by atoms with Crippen LogP contribution in [0.1, 0.15) is 32.1 Å². The lowest BCUT2D eigenvalue weighted by Gasteiger charge is -2.36. The Hall–Kier alpha value is -0.120. The van der Waals surface area contributed by atoms with Crippen molar-refractivity contribution >= 4 is 0 Å². The first-order valence-electron chi connectivity index (χ1n) is 6.77. The SMILES string of the molecule is COC1(N2CCOCC2)C2CCCCCC21. The molecule has 2 aliphatic carbocycles. The zero-order chi connectivity index (χ0) is 11.0. The van der Waals surface area contributed by atoms with Crippen LogP contribution in [0.5, 0.6) is 0 Å². The lowest BCUT2D eigenvalue weighted by Crippen LogP contribution is -2.48. The molecule has 0 aromatic rings. The number of nitrogens with zero attached hydrogens (tertiary/aromatic N) is 1. The number of fused-ring (bicyclic) bond motifs is 1. The van der Waals surface area contributed by atoms with E-state index in [1.54, 1.807) is 0 Å². The van der Waals surface area contributed by atoms with E-state index in [0.717, 1.165) is 38.1 Å². The summed E-state index contributed by atoms with van der Waals surface area (Å²) in [7, 11) is 1.91. The summed E-state index contributed by atoms with van der Waals surface area (Å²) in [6, 6.07) is 0. The van der Waals surface area contributed by atoms with E-state index < -0.39 is 0 Å². The Morgan fingerprint density at radius 2 is 1.69 bits per heavy atom. The maximum absolute atomic E-state index is 5.96. The normalized spacial score (nSPS) is 44.8. The van der Waals surface area contributed by atoms with Gasteiger partial charge in [-0.05, 0) is 12.8 Å². The highest BCUT2D eigenvalue weighted by Crippen LogP contribution is 2.61. The number of methoxy groups -OCH3 is 1. The van der Waals surface area contributed by atoms with Gasteiger partial charge in [0.2, 0.25) is 0 Å². The molecule has 0 bridgehead atoms. The van der Waals surface area contributed by atoms with Crippen molar-refractivity contribution in [3.05, 3.63) is 0 Å². The first kappa shape index (κ1) is 11.0. The Kier molecular flexibility index (Phi) is 2.94. The molecule has 0 N–H and O–H groups in total. The van der Waals surface area contributed by atoms with E-state index in [2.05, 4.69) is 4.90 Å². The van der Waals surface area contributed by atoms with Gasteiger partial charge in [0.25, 0.3) is 0 Å². The van der Waals surface area contributed by atoms with Crippen LogP contribution >= 0.6 is 0 Å². The van der Waals surface area contributed by atoms with E-state index in [1.165, 1.54) is 32.1 Å². The van der Waals surface area contributed by atoms with Gasteiger partial charge in [-0.2, -0.15) is 0 Å². The molecule has 16 heavy (non-hydrogen) atoms. The second-order valence-corrected chi connectivity index (χ2v) is 5.41. The molecule has 0 spiro atoms. The molecule has 92 valence electrons. The van der Waals surface area contributed by atoms with Crippen LogP contribution in [0.25, 0.3) is 0 Å². The highest BCUT2D eigenvalue weighted by atomic mass is 16.5. The van der Waals surface area contributed by atoms with Gasteiger partial charge < -0.3 is 9.47 Å². The molecule has 1 heterocycles. The first-order valence-corrected chi connectivity index (χ1v) is 6.77. The van der Waals surface area contributed by atoms with Gasteiger partial charge in [-0.25, -0.2) is 0 Å². The maximum atomic E-state index is 5.96. The summed E-state index contributed by atoms with van der Waals surface area (Å²) in [5.74, 6) is 1.61. The van der Waals surface area contributed by atoms with Crippen LogP contribution in [0.15, 0.2) is 0 Å². The fourth-order valence-electron chi connectivity index (χ4n) is 4.03. The summed E-state index contributed by atoms with van der Waals surface area (Å²) in [5, 5.41) is 0. The average molecular weight is 225 g/mol. The minimum Gasteiger partial charge on any atom is -0.379 e. The summed E-state index contributed by atoms with van der Waals surface area (Å²) >= 11 is 0. The Balaban J connectivity index is 1.74. The van der Waals surface area contributed by atoms with Crippen molar-refractivity contribution in [2.75, 3.05) is 33.4 Å². The third-order valence-electron chi connectivity index (χ3n) is 4.80. The van der Waals surface area contributed by atoms with E-state index in [1.807, 2.05) is 7.11 Å². The summed E-state index contributed by atoms with van der Waals surface area (Å²) in [6.07, 6.45) is 6.97. The van der Waals surface area contributed by atoms with Crippen LogP contribution < -0.4 is 0 Å². The van der Waals surface area contributed by atoms with Gasteiger partial charge in [-0.1, -0.05) is 19.3 Å². The van der Waals surface area contributed by atoms with Crippen LogP contribution in [-0.4, -0.2) is 44.0 Å². The van der Waals surface area contributed by atoms with E-state index in [4.69, 9.17) is 9.47 Å². The summed E-state index contributed by atoms with van der Waals surface area (Å²) < 4.78 is 11.4. The molecule has 3 heteroatoms. The van der Waals surface area contributed by atoms with Gasteiger partial charge in [0, 0.05) is 32.0 Å². The minimum atomic E-state index is 0.101. The van der Waals surface area contributed by atoms with Gasteiger partial charge in [-0.15, -0.1) is 0 Å². The Labute approximate surface area is 98.1 Å². The van der Waals surface area contributed by atoms with E-state index >= 15 is 0 Å². The maximum Gasteiger partial charge on any atom is 0.127 e. The predicted octanol–water partition coefficient (Wildman–Crippen LogP) is 1.87. The third-order valence-corrected chi connectivity index (χ3v) is 4.80. The lowest BCUT2D eigenvalue weighted by molar-refractivity contribution is -0.116. The molecule has 0 aromatic heterocycles. The van der Waals surface area contributed by atoms with Gasteiger partial charge >= 0.3 is 0 Å². The molecule has 2 saturated carbocycles. The Bertz CT molecular complexity index is 238. The standard InChI is InChI=1S/C13H23NO2/c1-15-13(14-7-9-16-10-8-14)11-5-3-2-4-6-12(11)13/h11-12H,2-10H2,1H3. The number of rotatable bonds is 2. The molecular formula is C13H23NO2. The fraction of sp³-hybridized carbons (Fsp3) is 1.00. The van der Waals surface area contributed by atoms with Gasteiger partial charge in [0.1, 0.15) is 5.72 Å². The van der Waals surface area contributed by atoms with Gasteiger partial charge in [-0.3, -0.25) is 4.90 Å². The molecule has 1 aliphatic heterocycles. The van der Waals surface area contributed by atoms with Crippen molar-refractivity contribution in [1.29, 1.82) is 0 Å². The van der Waals surface area contributed by atoms with E-state index in [-0.39, 0.29) is 5.72 Å². The highest BCUT2D eigenvalue weighted by Gasteiger charge is 2.67. The van der Waals surface area contributed by atoms with Crippen molar-refractivity contribution in [2.45, 2.75) is 37.8 Å². The molecule has 1 saturated heterocycles. The third kappa shape index (κ3) is 1.52. The predicted molar refractivity (Wildman–Crippen MR) is 62.2 cm³/mol. The van der Waals surface area contributed by atoms with E-state index in [9.17, 15) is 0 Å². The van der Waals surface area contributed by atoms with E-state index in [0.29, 0.717) is 0 Å². The van der Waals surface area contributed by atoms with Crippen molar-refractivity contribution in [3.8, 4) is 0 Å². The summed E-state index contributed by atoms with van der Waals surface area (Å²) in [4.78, 5) is 2.55. The van der Waals surface area contributed by atoms with Crippen molar-refractivity contribution in [3.63, 3.8) is 0 Å². The van der Waals surface area contributed by atoms with Gasteiger partial charge in [0.15, 0.2) is 0 Å². The summed E-state index contributed by atoms with van der Waals surface area (Å²) in [6.45, 7) is 3.87. The van der Waals surface area contributed by atoms with Crippen LogP contribution in [0.4, 0.5) is 0 Å². The molecule has 2 atom stereocenters. The second kappa shape index (κ2) is 4.28. The van der Waals surface area contributed by atoms with Gasteiger partial charge in [0.05, 0.1) is 13.2 Å². The molecular weight excluding hydrogens is 202 g/mol. The first-order chi connectivity index (χ1) is 7.89. The molecule has 3 aliphatic rings. The number of hydrogen-bond donors (Lipinski definition) is 0. The molecule has 2 unspecified atom stereocenters. The van der Waals surface area contributed by atoms with Crippen LogP contribution in [0.3, 0.4) is 0 Å². The quantitative estimate of drug-likeness (QED) is 0.716. The molecule has 3 fully saturated rings. The highest BCUT2D eigenvalue weighted by molar-refractivity contribution is 5.13. The zero-order valence-corrected chi connectivity index (χ0v) is 10.3. The number of hydrogen-bond acceptors (Lipinski definition) is 3. The molecule has 0 amide bonds. The lowest BCUT2D eigenvalue weighted by atomic mass is 10.1. The largest absolute Gasteiger partial charge is 0.379 e. The molecule has 3 nitrogen and oxygen atoms in total.